The Morgan fingerprint density at radius 2 is 2.18 bits per heavy atom. The standard InChI is InChI=1S/C12H11BrN2OS/c13-8-5-9(17-7-8)6-15-11-4-2-1-3-10(11)12(14)16/h1-5,7,15H,6H2,(H2,14,16). The van der Waals surface area contributed by atoms with Gasteiger partial charge in [-0.15, -0.1) is 11.3 Å². The number of amides is 1. The summed E-state index contributed by atoms with van der Waals surface area (Å²) in [5, 5.41) is 5.24. The molecular weight excluding hydrogens is 300 g/mol. The summed E-state index contributed by atoms with van der Waals surface area (Å²) in [6.07, 6.45) is 0. The summed E-state index contributed by atoms with van der Waals surface area (Å²) in [6, 6.07) is 9.29. The van der Waals surface area contributed by atoms with Gasteiger partial charge in [0, 0.05) is 27.0 Å². The highest BCUT2D eigenvalue weighted by molar-refractivity contribution is 9.10. The molecule has 1 aromatic heterocycles. The summed E-state index contributed by atoms with van der Waals surface area (Å²) in [6.45, 7) is 0.681. The maximum absolute atomic E-state index is 11.2. The number of halogens is 1. The molecule has 3 nitrogen and oxygen atoms in total. The first-order valence-corrected chi connectivity index (χ1v) is 6.69. The zero-order valence-corrected chi connectivity index (χ0v) is 11.3. The molecule has 0 atom stereocenters. The molecule has 0 fully saturated rings. The van der Waals surface area contributed by atoms with Gasteiger partial charge in [-0.05, 0) is 34.1 Å². The molecule has 0 saturated heterocycles. The van der Waals surface area contributed by atoms with Crippen molar-refractivity contribution in [2.45, 2.75) is 6.54 Å². The number of hydrogen-bond acceptors (Lipinski definition) is 3. The average Bonchev–Trinajstić information content (AvgIpc) is 2.73. The fourth-order valence-corrected chi connectivity index (χ4v) is 2.87. The zero-order chi connectivity index (χ0) is 12.3. The molecule has 0 aliphatic rings. The lowest BCUT2D eigenvalue weighted by molar-refractivity contribution is 0.100. The van der Waals surface area contributed by atoms with Gasteiger partial charge in [0.05, 0.1) is 5.56 Å². The number of para-hydroxylation sites is 1. The second kappa shape index (κ2) is 5.33. The predicted molar refractivity (Wildman–Crippen MR) is 74.3 cm³/mol. The molecule has 2 rings (SSSR count). The Bertz CT molecular complexity index is 539. The van der Waals surface area contributed by atoms with E-state index in [0.717, 1.165) is 10.2 Å². The summed E-state index contributed by atoms with van der Waals surface area (Å²) >= 11 is 5.06. The Morgan fingerprint density at radius 3 is 2.82 bits per heavy atom. The van der Waals surface area contributed by atoms with Crippen LogP contribution in [-0.2, 0) is 6.54 Å². The van der Waals surface area contributed by atoms with E-state index in [9.17, 15) is 4.79 Å². The monoisotopic (exact) mass is 310 g/mol. The highest BCUT2D eigenvalue weighted by Gasteiger charge is 2.06. The number of benzene rings is 1. The third kappa shape index (κ3) is 3.08. The molecule has 1 aromatic carbocycles. The van der Waals surface area contributed by atoms with Crippen molar-refractivity contribution in [2.24, 2.45) is 5.73 Å². The normalized spacial score (nSPS) is 10.2. The van der Waals surface area contributed by atoms with Gasteiger partial charge in [-0.3, -0.25) is 4.79 Å². The smallest absolute Gasteiger partial charge is 0.250 e. The largest absolute Gasteiger partial charge is 0.380 e. The van der Waals surface area contributed by atoms with Crippen LogP contribution in [-0.4, -0.2) is 5.91 Å². The van der Waals surface area contributed by atoms with E-state index >= 15 is 0 Å². The molecule has 0 radical (unpaired) electrons. The van der Waals surface area contributed by atoms with Gasteiger partial charge in [0.1, 0.15) is 0 Å². The SMILES string of the molecule is NC(=O)c1ccccc1NCc1cc(Br)cs1. The van der Waals surface area contributed by atoms with E-state index in [2.05, 4.69) is 21.2 Å². The first-order valence-electron chi connectivity index (χ1n) is 5.02. The van der Waals surface area contributed by atoms with E-state index in [-0.39, 0.29) is 0 Å². The molecule has 0 saturated carbocycles. The summed E-state index contributed by atoms with van der Waals surface area (Å²) < 4.78 is 1.07. The third-order valence-electron chi connectivity index (χ3n) is 2.27. The molecule has 2 aromatic rings. The van der Waals surface area contributed by atoms with E-state index in [1.165, 1.54) is 4.88 Å². The summed E-state index contributed by atoms with van der Waals surface area (Å²) in [5.74, 6) is -0.416. The van der Waals surface area contributed by atoms with E-state index in [1.807, 2.05) is 23.6 Å². The van der Waals surface area contributed by atoms with Crippen LogP contribution in [0.2, 0.25) is 0 Å². The van der Waals surface area contributed by atoms with Crippen LogP contribution in [0.4, 0.5) is 5.69 Å². The molecule has 1 heterocycles. The van der Waals surface area contributed by atoms with Crippen molar-refractivity contribution in [3.05, 3.63) is 50.6 Å². The Kier molecular flexibility index (Phi) is 3.81. The molecule has 88 valence electrons. The first kappa shape index (κ1) is 12.1. The Hall–Kier alpha value is -1.33. The number of hydrogen-bond donors (Lipinski definition) is 2. The van der Waals surface area contributed by atoms with Crippen LogP contribution in [0, 0.1) is 0 Å². The lowest BCUT2D eigenvalue weighted by Crippen LogP contribution is -2.14. The molecule has 0 spiro atoms. The third-order valence-corrected chi connectivity index (χ3v) is 3.96. The van der Waals surface area contributed by atoms with Gasteiger partial charge in [0.2, 0.25) is 0 Å². The molecule has 17 heavy (non-hydrogen) atoms. The quantitative estimate of drug-likeness (QED) is 0.911. The predicted octanol–water partition coefficient (Wildman–Crippen LogP) is 3.22. The topological polar surface area (TPSA) is 55.1 Å². The van der Waals surface area contributed by atoms with Crippen molar-refractivity contribution in [1.82, 2.24) is 0 Å². The number of nitrogens with two attached hydrogens (primary N) is 1. The van der Waals surface area contributed by atoms with Crippen molar-refractivity contribution < 1.29 is 4.79 Å². The molecule has 0 bridgehead atoms. The Balaban J connectivity index is 2.11. The van der Waals surface area contributed by atoms with Crippen LogP contribution >= 0.6 is 27.3 Å². The Morgan fingerprint density at radius 1 is 1.41 bits per heavy atom. The van der Waals surface area contributed by atoms with Gasteiger partial charge in [-0.1, -0.05) is 12.1 Å². The molecule has 0 aliphatic carbocycles. The van der Waals surface area contributed by atoms with Crippen molar-refractivity contribution >= 4 is 38.9 Å². The Labute approximate surface area is 112 Å². The number of anilines is 1. The molecule has 1 amide bonds. The van der Waals surface area contributed by atoms with E-state index < -0.39 is 5.91 Å². The zero-order valence-electron chi connectivity index (χ0n) is 8.94. The van der Waals surface area contributed by atoms with Crippen LogP contribution in [0.1, 0.15) is 15.2 Å². The number of rotatable bonds is 4. The van der Waals surface area contributed by atoms with Crippen LogP contribution in [0.5, 0.6) is 0 Å². The number of nitrogens with one attached hydrogen (secondary N) is 1. The highest BCUT2D eigenvalue weighted by atomic mass is 79.9. The maximum atomic E-state index is 11.2. The maximum Gasteiger partial charge on any atom is 0.250 e. The summed E-state index contributed by atoms with van der Waals surface area (Å²) in [4.78, 5) is 12.4. The lowest BCUT2D eigenvalue weighted by Gasteiger charge is -2.08. The van der Waals surface area contributed by atoms with Crippen LogP contribution < -0.4 is 11.1 Å². The van der Waals surface area contributed by atoms with Crippen LogP contribution in [0.25, 0.3) is 0 Å². The summed E-state index contributed by atoms with van der Waals surface area (Å²) in [5.41, 5.74) is 6.59. The first-order chi connectivity index (χ1) is 8.16. The van der Waals surface area contributed by atoms with E-state index in [0.29, 0.717) is 12.1 Å². The van der Waals surface area contributed by atoms with Gasteiger partial charge in [-0.25, -0.2) is 0 Å². The fraction of sp³-hybridized carbons (Fsp3) is 0.0833. The number of carbonyl (C=O) groups excluding carboxylic acids is 1. The fourth-order valence-electron chi connectivity index (χ4n) is 1.48. The van der Waals surface area contributed by atoms with E-state index in [1.54, 1.807) is 23.5 Å². The molecule has 0 aliphatic heterocycles. The van der Waals surface area contributed by atoms with Crippen molar-refractivity contribution in [3.8, 4) is 0 Å². The number of carbonyl (C=O) groups is 1. The average molecular weight is 311 g/mol. The van der Waals surface area contributed by atoms with Gasteiger partial charge >= 0.3 is 0 Å². The minimum atomic E-state index is -0.416. The van der Waals surface area contributed by atoms with Crippen molar-refractivity contribution in [1.29, 1.82) is 0 Å². The minimum Gasteiger partial charge on any atom is -0.380 e. The van der Waals surface area contributed by atoms with Gasteiger partial charge in [-0.2, -0.15) is 0 Å². The van der Waals surface area contributed by atoms with Gasteiger partial charge in [0.25, 0.3) is 5.91 Å². The van der Waals surface area contributed by atoms with Crippen LogP contribution in [0.3, 0.4) is 0 Å². The molecule has 0 unspecified atom stereocenters. The van der Waals surface area contributed by atoms with Crippen molar-refractivity contribution in [3.63, 3.8) is 0 Å². The molecule has 3 N–H and O–H groups in total. The summed E-state index contributed by atoms with van der Waals surface area (Å²) in [7, 11) is 0. The number of thiophene rings is 1. The van der Waals surface area contributed by atoms with E-state index in [4.69, 9.17) is 5.73 Å². The van der Waals surface area contributed by atoms with Gasteiger partial charge < -0.3 is 11.1 Å². The number of primary amides is 1. The van der Waals surface area contributed by atoms with Gasteiger partial charge in [0.15, 0.2) is 0 Å². The van der Waals surface area contributed by atoms with Crippen LogP contribution in [0.15, 0.2) is 40.2 Å². The lowest BCUT2D eigenvalue weighted by atomic mass is 10.1. The second-order valence-corrected chi connectivity index (χ2v) is 5.41. The molecule has 5 heteroatoms. The highest BCUT2D eigenvalue weighted by Crippen LogP contribution is 2.22. The van der Waals surface area contributed by atoms with Crippen molar-refractivity contribution in [2.75, 3.05) is 5.32 Å². The molecular formula is C12H11BrN2OS. The second-order valence-electron chi connectivity index (χ2n) is 3.49. The minimum absolute atomic E-state index is 0.416.